The molecule has 0 N–H and O–H groups in total. The molecule has 14 heavy (non-hydrogen) atoms. The van der Waals surface area contributed by atoms with E-state index < -0.39 is 17.9 Å². The third-order valence-electron chi connectivity index (χ3n) is 1.49. The molecule has 0 atom stereocenters. The summed E-state index contributed by atoms with van der Waals surface area (Å²) in [6.45, 7) is 1.36. The third kappa shape index (κ3) is 2.77. The number of hydrogen-bond donors (Lipinski definition) is 0. The molecule has 0 amide bonds. The first kappa shape index (κ1) is 11.1. The van der Waals surface area contributed by atoms with Gasteiger partial charge in [-0.1, -0.05) is 11.6 Å². The Morgan fingerprint density at radius 2 is 1.86 bits per heavy atom. The monoisotopic (exact) mass is 228 g/mol. The minimum Gasteiger partial charge on any atom is -0.406 e. The van der Waals surface area contributed by atoms with Gasteiger partial charge in [0.05, 0.1) is 5.02 Å². The van der Waals surface area contributed by atoms with Gasteiger partial charge in [-0.05, 0) is 13.0 Å². The van der Waals surface area contributed by atoms with Gasteiger partial charge in [0.15, 0.2) is 0 Å². The van der Waals surface area contributed by atoms with E-state index in [9.17, 15) is 17.6 Å². The van der Waals surface area contributed by atoms with Crippen molar-refractivity contribution in [3.8, 4) is 5.75 Å². The molecule has 1 aromatic carbocycles. The molecule has 0 heterocycles. The Labute approximate surface area is 82.2 Å². The first-order valence-corrected chi connectivity index (χ1v) is 3.89. The van der Waals surface area contributed by atoms with Gasteiger partial charge in [-0.2, -0.15) is 0 Å². The molecule has 0 bridgehead atoms. The second kappa shape index (κ2) is 3.65. The molecule has 1 aromatic rings. The van der Waals surface area contributed by atoms with E-state index in [2.05, 4.69) is 4.74 Å². The van der Waals surface area contributed by atoms with E-state index in [0.717, 1.165) is 6.07 Å². The zero-order valence-electron chi connectivity index (χ0n) is 6.95. The molecule has 0 aliphatic heterocycles. The number of halogens is 5. The molecule has 0 fully saturated rings. The van der Waals surface area contributed by atoms with Crippen LogP contribution in [0.5, 0.6) is 5.75 Å². The van der Waals surface area contributed by atoms with Gasteiger partial charge < -0.3 is 4.74 Å². The molecular weight excluding hydrogens is 224 g/mol. The summed E-state index contributed by atoms with van der Waals surface area (Å²) in [6.07, 6.45) is -4.84. The van der Waals surface area contributed by atoms with E-state index in [0.29, 0.717) is 6.07 Å². The highest BCUT2D eigenvalue weighted by molar-refractivity contribution is 6.31. The quantitative estimate of drug-likeness (QED) is 0.666. The largest absolute Gasteiger partial charge is 0.573 e. The van der Waals surface area contributed by atoms with Gasteiger partial charge in [0.25, 0.3) is 0 Å². The second-order valence-corrected chi connectivity index (χ2v) is 2.97. The second-order valence-electron chi connectivity index (χ2n) is 2.56. The molecule has 0 spiro atoms. The van der Waals surface area contributed by atoms with E-state index >= 15 is 0 Å². The standard InChI is InChI=1S/C8H5ClF4O/c1-4-6(9)2-5(3-7(4)10)14-8(11,12)13/h2-3H,1H3. The molecule has 0 aliphatic rings. The number of ether oxygens (including phenoxy) is 1. The van der Waals surface area contributed by atoms with Gasteiger partial charge in [-0.3, -0.25) is 0 Å². The molecule has 1 rings (SSSR count). The molecular formula is C8H5ClF4O. The molecule has 0 aromatic heterocycles. The van der Waals surface area contributed by atoms with Crippen LogP contribution >= 0.6 is 11.6 Å². The fourth-order valence-corrected chi connectivity index (χ4v) is 1.01. The topological polar surface area (TPSA) is 9.23 Å². The third-order valence-corrected chi connectivity index (χ3v) is 1.88. The lowest BCUT2D eigenvalue weighted by atomic mass is 10.2. The lowest BCUT2D eigenvalue weighted by molar-refractivity contribution is -0.274. The Balaban J connectivity index is 3.02. The van der Waals surface area contributed by atoms with Crippen LogP contribution in [0.3, 0.4) is 0 Å². The van der Waals surface area contributed by atoms with Crippen molar-refractivity contribution >= 4 is 11.6 Å². The summed E-state index contributed by atoms with van der Waals surface area (Å²) in [7, 11) is 0. The first-order valence-electron chi connectivity index (χ1n) is 3.51. The van der Waals surface area contributed by atoms with Gasteiger partial charge in [-0.15, -0.1) is 13.2 Å². The zero-order valence-corrected chi connectivity index (χ0v) is 7.71. The molecule has 0 aliphatic carbocycles. The summed E-state index contributed by atoms with van der Waals surface area (Å²) in [4.78, 5) is 0. The van der Waals surface area contributed by atoms with Crippen LogP contribution in [0, 0.1) is 12.7 Å². The smallest absolute Gasteiger partial charge is 0.406 e. The van der Waals surface area contributed by atoms with Crippen molar-refractivity contribution in [1.82, 2.24) is 0 Å². The van der Waals surface area contributed by atoms with E-state index in [1.54, 1.807) is 0 Å². The summed E-state index contributed by atoms with van der Waals surface area (Å²) in [5.74, 6) is -1.50. The van der Waals surface area contributed by atoms with Crippen LogP contribution in [0.25, 0.3) is 0 Å². The normalized spacial score (nSPS) is 11.6. The fourth-order valence-electron chi connectivity index (χ4n) is 0.815. The predicted octanol–water partition coefficient (Wildman–Crippen LogP) is 3.69. The highest BCUT2D eigenvalue weighted by Crippen LogP contribution is 2.28. The van der Waals surface area contributed by atoms with E-state index in [4.69, 9.17) is 11.6 Å². The average Bonchev–Trinajstić information content (AvgIpc) is 1.96. The van der Waals surface area contributed by atoms with E-state index in [-0.39, 0.29) is 10.6 Å². The molecule has 78 valence electrons. The van der Waals surface area contributed by atoms with Crippen molar-refractivity contribution in [3.63, 3.8) is 0 Å². The molecule has 6 heteroatoms. The highest BCUT2D eigenvalue weighted by Gasteiger charge is 2.31. The molecule has 0 saturated heterocycles. The SMILES string of the molecule is Cc1c(F)cc(OC(F)(F)F)cc1Cl. The maximum atomic E-state index is 12.9. The van der Waals surface area contributed by atoms with Crippen LogP contribution in [0.2, 0.25) is 5.02 Å². The zero-order chi connectivity index (χ0) is 10.9. The van der Waals surface area contributed by atoms with Crippen molar-refractivity contribution in [1.29, 1.82) is 0 Å². The van der Waals surface area contributed by atoms with Crippen molar-refractivity contribution in [2.45, 2.75) is 13.3 Å². The van der Waals surface area contributed by atoms with Crippen LogP contribution in [0.1, 0.15) is 5.56 Å². The summed E-state index contributed by atoms with van der Waals surface area (Å²) < 4.78 is 51.5. The predicted molar refractivity (Wildman–Crippen MR) is 42.8 cm³/mol. The van der Waals surface area contributed by atoms with Gasteiger partial charge >= 0.3 is 6.36 Å². The van der Waals surface area contributed by atoms with Crippen LogP contribution in [0.4, 0.5) is 17.6 Å². The van der Waals surface area contributed by atoms with Crippen LogP contribution in [0.15, 0.2) is 12.1 Å². The van der Waals surface area contributed by atoms with E-state index in [1.807, 2.05) is 0 Å². The Morgan fingerprint density at radius 1 is 1.29 bits per heavy atom. The number of alkyl halides is 3. The maximum Gasteiger partial charge on any atom is 0.573 e. The van der Waals surface area contributed by atoms with Gasteiger partial charge in [0.2, 0.25) is 0 Å². The van der Waals surface area contributed by atoms with Crippen LogP contribution < -0.4 is 4.74 Å². The number of benzene rings is 1. The minimum absolute atomic E-state index is 0.0844. The average molecular weight is 229 g/mol. The summed E-state index contributed by atoms with van der Waals surface area (Å²) in [5, 5.41) is -0.107. The van der Waals surface area contributed by atoms with Gasteiger partial charge in [-0.25, -0.2) is 4.39 Å². The summed E-state index contributed by atoms with van der Waals surface area (Å²) in [5.41, 5.74) is 0.0844. The Bertz CT molecular complexity index is 325. The van der Waals surface area contributed by atoms with E-state index in [1.165, 1.54) is 6.92 Å². The fraction of sp³-hybridized carbons (Fsp3) is 0.250. The molecule has 0 radical (unpaired) electrons. The van der Waals surface area contributed by atoms with Crippen molar-refractivity contribution in [2.75, 3.05) is 0 Å². The van der Waals surface area contributed by atoms with Gasteiger partial charge in [0, 0.05) is 11.6 Å². The molecule has 1 nitrogen and oxygen atoms in total. The minimum atomic E-state index is -4.84. The number of hydrogen-bond acceptors (Lipinski definition) is 1. The lowest BCUT2D eigenvalue weighted by Crippen LogP contribution is -2.17. The van der Waals surface area contributed by atoms with Gasteiger partial charge in [0.1, 0.15) is 11.6 Å². The Kier molecular flexibility index (Phi) is 2.89. The maximum absolute atomic E-state index is 12.9. The van der Waals surface area contributed by atoms with Crippen LogP contribution in [-0.4, -0.2) is 6.36 Å². The highest BCUT2D eigenvalue weighted by atomic mass is 35.5. The Morgan fingerprint density at radius 3 is 2.29 bits per heavy atom. The molecule has 0 saturated carbocycles. The Hall–Kier alpha value is -0.970. The summed E-state index contributed by atoms with van der Waals surface area (Å²) >= 11 is 5.46. The van der Waals surface area contributed by atoms with Crippen molar-refractivity contribution < 1.29 is 22.3 Å². The van der Waals surface area contributed by atoms with Crippen LogP contribution in [-0.2, 0) is 0 Å². The van der Waals surface area contributed by atoms with Crippen molar-refractivity contribution in [3.05, 3.63) is 28.5 Å². The number of rotatable bonds is 1. The van der Waals surface area contributed by atoms with Crippen molar-refractivity contribution in [2.24, 2.45) is 0 Å². The summed E-state index contributed by atoms with van der Waals surface area (Å²) in [6, 6.07) is 1.54. The first-order chi connectivity index (χ1) is 6.29. The molecule has 0 unspecified atom stereocenters. The lowest BCUT2D eigenvalue weighted by Gasteiger charge is -2.10.